The topological polar surface area (TPSA) is 97.8 Å². The number of amides is 1. The summed E-state index contributed by atoms with van der Waals surface area (Å²) in [7, 11) is 1.44. The Morgan fingerprint density at radius 3 is 2.52 bits per heavy atom. The van der Waals surface area contributed by atoms with Crippen molar-refractivity contribution in [3.8, 4) is 28.4 Å². The standard InChI is InChI=1S/C33H32Cl2N2O7S2/c1-41-28-20-22(32(39)40)7-9-27(28)43-14-3-10-37-31(38)29(46-33(37)45)19-21-6-8-26(44-17-13-36-11-15-42-16-12-36)24(18-21)23-4-2-5-25(34)30(23)35/h2,4-9,18-20H,3,10-17H2,1H3,(H,39,40). The first-order valence-corrected chi connectivity index (χ1v) is 16.5. The molecule has 0 radical (unpaired) electrons. The molecule has 9 nitrogen and oxygen atoms in total. The second-order valence-electron chi connectivity index (χ2n) is 10.4. The van der Waals surface area contributed by atoms with Gasteiger partial charge in [-0.05, 0) is 54.5 Å². The lowest BCUT2D eigenvalue weighted by molar-refractivity contribution is -0.122. The zero-order valence-electron chi connectivity index (χ0n) is 25.0. The van der Waals surface area contributed by atoms with E-state index in [0.717, 1.165) is 49.5 Å². The summed E-state index contributed by atoms with van der Waals surface area (Å²) >= 11 is 19.8. The maximum Gasteiger partial charge on any atom is 0.335 e. The third-order valence-corrected chi connectivity index (χ3v) is 9.58. The largest absolute Gasteiger partial charge is 0.493 e. The molecule has 0 atom stereocenters. The van der Waals surface area contributed by atoms with Gasteiger partial charge in [-0.1, -0.05) is 65.4 Å². The van der Waals surface area contributed by atoms with Crippen molar-refractivity contribution in [1.82, 2.24) is 9.80 Å². The fraction of sp³-hybridized carbons (Fsp3) is 0.303. The Bertz CT molecular complexity index is 1650. The van der Waals surface area contributed by atoms with E-state index in [4.69, 9.17) is 54.4 Å². The van der Waals surface area contributed by atoms with Crippen LogP contribution in [-0.2, 0) is 9.53 Å². The maximum atomic E-state index is 13.4. The van der Waals surface area contributed by atoms with E-state index in [1.54, 1.807) is 17.0 Å². The molecule has 2 saturated heterocycles. The summed E-state index contributed by atoms with van der Waals surface area (Å²) in [6, 6.07) is 15.6. The predicted molar refractivity (Wildman–Crippen MR) is 185 cm³/mol. The van der Waals surface area contributed by atoms with Crippen LogP contribution in [0, 0.1) is 0 Å². The Balaban J connectivity index is 1.26. The fourth-order valence-corrected chi connectivity index (χ4v) is 6.67. The van der Waals surface area contributed by atoms with Crippen LogP contribution in [-0.4, -0.2) is 90.8 Å². The van der Waals surface area contributed by atoms with Crippen molar-refractivity contribution in [2.45, 2.75) is 6.42 Å². The SMILES string of the molecule is COc1cc(C(=O)O)ccc1OCCCN1C(=O)C(=Cc2ccc(OCCN3CCOCC3)c(-c3cccc(Cl)c3Cl)c2)SC1=S. The van der Waals surface area contributed by atoms with Gasteiger partial charge in [0.15, 0.2) is 11.5 Å². The molecule has 242 valence electrons. The van der Waals surface area contributed by atoms with Gasteiger partial charge in [0.05, 0.1) is 47.4 Å². The molecule has 3 aromatic carbocycles. The molecule has 2 fully saturated rings. The Hall–Kier alpha value is -3.32. The quantitative estimate of drug-likeness (QED) is 0.117. The van der Waals surface area contributed by atoms with Gasteiger partial charge in [0.2, 0.25) is 0 Å². The number of hydrogen-bond acceptors (Lipinski definition) is 9. The second kappa shape index (κ2) is 16.0. The third kappa shape index (κ3) is 8.33. The molecule has 2 aliphatic heterocycles. The summed E-state index contributed by atoms with van der Waals surface area (Å²) in [5.74, 6) is 0.158. The van der Waals surface area contributed by atoms with Crippen molar-refractivity contribution in [1.29, 1.82) is 0 Å². The monoisotopic (exact) mass is 702 g/mol. The lowest BCUT2D eigenvalue weighted by Gasteiger charge is -2.26. The Labute approximate surface area is 286 Å². The summed E-state index contributed by atoms with van der Waals surface area (Å²) in [5.41, 5.74) is 2.38. The number of benzene rings is 3. The fourth-order valence-electron chi connectivity index (χ4n) is 4.96. The van der Waals surface area contributed by atoms with Crippen LogP contribution < -0.4 is 14.2 Å². The number of thioether (sulfide) groups is 1. The molecule has 2 aliphatic rings. The molecule has 0 aliphatic carbocycles. The van der Waals surface area contributed by atoms with Crippen LogP contribution in [0.4, 0.5) is 0 Å². The molecule has 0 saturated carbocycles. The van der Waals surface area contributed by atoms with Gasteiger partial charge in [0.1, 0.15) is 16.7 Å². The van der Waals surface area contributed by atoms with E-state index in [1.807, 2.05) is 36.4 Å². The Morgan fingerprint density at radius 1 is 1.00 bits per heavy atom. The molecule has 3 aromatic rings. The van der Waals surface area contributed by atoms with Crippen LogP contribution in [0.15, 0.2) is 59.5 Å². The highest BCUT2D eigenvalue weighted by molar-refractivity contribution is 8.26. The number of carboxylic acid groups (broad SMARTS) is 1. The van der Waals surface area contributed by atoms with E-state index in [9.17, 15) is 14.7 Å². The molecule has 0 spiro atoms. The minimum atomic E-state index is -1.06. The van der Waals surface area contributed by atoms with Crippen molar-refractivity contribution in [3.05, 3.63) is 80.7 Å². The molecule has 0 unspecified atom stereocenters. The second-order valence-corrected chi connectivity index (χ2v) is 12.8. The van der Waals surface area contributed by atoms with Crippen molar-refractivity contribution in [2.24, 2.45) is 0 Å². The van der Waals surface area contributed by atoms with Crippen molar-refractivity contribution in [2.75, 3.05) is 59.7 Å². The van der Waals surface area contributed by atoms with Crippen LogP contribution in [0.2, 0.25) is 10.0 Å². The summed E-state index contributed by atoms with van der Waals surface area (Å²) in [6.45, 7) is 5.08. The average molecular weight is 704 g/mol. The van der Waals surface area contributed by atoms with Crippen molar-refractivity contribution in [3.63, 3.8) is 0 Å². The highest BCUT2D eigenvalue weighted by Crippen LogP contribution is 2.40. The number of aromatic carboxylic acids is 1. The van der Waals surface area contributed by atoms with Gasteiger partial charge in [-0.2, -0.15) is 0 Å². The van der Waals surface area contributed by atoms with E-state index in [-0.39, 0.29) is 18.1 Å². The number of rotatable bonds is 13. The van der Waals surface area contributed by atoms with Gasteiger partial charge in [0.25, 0.3) is 5.91 Å². The molecule has 5 rings (SSSR count). The maximum absolute atomic E-state index is 13.4. The first-order chi connectivity index (χ1) is 22.2. The van der Waals surface area contributed by atoms with Crippen LogP contribution in [0.5, 0.6) is 17.2 Å². The normalized spacial score (nSPS) is 16.2. The molecule has 0 aromatic heterocycles. The number of carboxylic acids is 1. The van der Waals surface area contributed by atoms with Crippen molar-refractivity contribution >= 4 is 69.5 Å². The molecule has 1 amide bonds. The number of ether oxygens (including phenoxy) is 4. The highest BCUT2D eigenvalue weighted by atomic mass is 35.5. The highest BCUT2D eigenvalue weighted by Gasteiger charge is 2.31. The van der Waals surface area contributed by atoms with E-state index in [0.29, 0.717) is 56.1 Å². The Kier molecular flexibility index (Phi) is 11.8. The molecule has 2 heterocycles. The zero-order chi connectivity index (χ0) is 32.6. The molecular formula is C33H32Cl2N2O7S2. The number of carbonyl (C=O) groups is 2. The lowest BCUT2D eigenvalue weighted by atomic mass is 10.0. The summed E-state index contributed by atoms with van der Waals surface area (Å²) in [6.07, 6.45) is 2.31. The number of nitrogens with zero attached hydrogens (tertiary/aromatic N) is 2. The number of morpholine rings is 1. The minimum Gasteiger partial charge on any atom is -0.493 e. The zero-order valence-corrected chi connectivity index (χ0v) is 28.1. The average Bonchev–Trinajstić information content (AvgIpc) is 3.32. The van der Waals surface area contributed by atoms with E-state index in [2.05, 4.69) is 4.90 Å². The molecule has 0 bridgehead atoms. The number of methoxy groups -OCH3 is 1. The lowest BCUT2D eigenvalue weighted by Crippen LogP contribution is -2.38. The first kappa shape index (κ1) is 34.0. The molecule has 13 heteroatoms. The van der Waals surface area contributed by atoms with Gasteiger partial charge < -0.3 is 24.1 Å². The van der Waals surface area contributed by atoms with E-state index in [1.165, 1.54) is 31.0 Å². The summed E-state index contributed by atoms with van der Waals surface area (Å²) < 4.78 is 23.2. The molecule has 46 heavy (non-hydrogen) atoms. The molecule has 1 N–H and O–H groups in total. The van der Waals surface area contributed by atoms with Crippen LogP contribution in [0.3, 0.4) is 0 Å². The van der Waals surface area contributed by atoms with Gasteiger partial charge in [-0.15, -0.1) is 0 Å². The van der Waals surface area contributed by atoms with E-state index < -0.39 is 5.97 Å². The number of hydrogen-bond donors (Lipinski definition) is 1. The van der Waals surface area contributed by atoms with Gasteiger partial charge >= 0.3 is 5.97 Å². The number of thiocarbonyl (C=S) groups is 1. The summed E-state index contributed by atoms with van der Waals surface area (Å²) in [4.78, 5) is 28.9. The van der Waals surface area contributed by atoms with Crippen LogP contribution >= 0.6 is 47.2 Å². The smallest absolute Gasteiger partial charge is 0.335 e. The predicted octanol–water partition coefficient (Wildman–Crippen LogP) is 6.75. The van der Waals surface area contributed by atoms with Gasteiger partial charge in [-0.25, -0.2) is 4.79 Å². The molecular weight excluding hydrogens is 671 g/mol. The van der Waals surface area contributed by atoms with Crippen LogP contribution in [0.25, 0.3) is 17.2 Å². The first-order valence-electron chi connectivity index (χ1n) is 14.6. The van der Waals surface area contributed by atoms with Gasteiger partial charge in [-0.3, -0.25) is 14.6 Å². The number of halogens is 2. The number of carbonyl (C=O) groups excluding carboxylic acids is 1. The van der Waals surface area contributed by atoms with Crippen molar-refractivity contribution < 1.29 is 33.6 Å². The van der Waals surface area contributed by atoms with Crippen LogP contribution in [0.1, 0.15) is 22.3 Å². The third-order valence-electron chi connectivity index (χ3n) is 7.38. The van der Waals surface area contributed by atoms with E-state index >= 15 is 0 Å². The minimum absolute atomic E-state index is 0.0993. The Morgan fingerprint density at radius 2 is 1.76 bits per heavy atom. The summed E-state index contributed by atoms with van der Waals surface area (Å²) in [5, 5.41) is 10.0. The van der Waals surface area contributed by atoms with Gasteiger partial charge in [0, 0.05) is 37.3 Å².